The fraction of sp³-hybridized carbons (Fsp3) is 0.615. The van der Waals surface area contributed by atoms with Gasteiger partial charge < -0.3 is 9.47 Å². The van der Waals surface area contributed by atoms with E-state index in [0.717, 1.165) is 4.91 Å². The van der Waals surface area contributed by atoms with Crippen LogP contribution in [0.25, 0.3) is 0 Å². The first kappa shape index (κ1) is 14.9. The molecule has 0 radical (unpaired) electrons. The van der Waals surface area contributed by atoms with Crippen LogP contribution in [0.2, 0.25) is 0 Å². The second-order valence-corrected chi connectivity index (χ2v) is 7.07. The lowest BCUT2D eigenvalue weighted by atomic mass is 9.98. The standard InChI is InChI=1S/C13H17NO5S/c1-7-10(14-8(15)5-9(14)20-7)11(16)18-6-19-12(17)13(2,3)4/h9H,5-6H2,1-4H3/t9-/m0/s1. The fourth-order valence-corrected chi connectivity index (χ4v) is 3.10. The van der Waals surface area contributed by atoms with Crippen molar-refractivity contribution in [3.8, 4) is 0 Å². The number of hydrogen-bond donors (Lipinski definition) is 0. The molecule has 6 nitrogen and oxygen atoms in total. The van der Waals surface area contributed by atoms with E-state index in [9.17, 15) is 14.4 Å². The average molecular weight is 299 g/mol. The topological polar surface area (TPSA) is 72.9 Å². The Kier molecular flexibility index (Phi) is 3.82. The summed E-state index contributed by atoms with van der Waals surface area (Å²) >= 11 is 1.48. The third-order valence-electron chi connectivity index (χ3n) is 2.98. The van der Waals surface area contributed by atoms with Gasteiger partial charge >= 0.3 is 11.9 Å². The number of fused-ring (bicyclic) bond motifs is 1. The number of rotatable bonds is 3. The van der Waals surface area contributed by atoms with Crippen LogP contribution in [0.1, 0.15) is 34.1 Å². The normalized spacial score (nSPS) is 21.5. The van der Waals surface area contributed by atoms with Gasteiger partial charge in [-0.3, -0.25) is 14.5 Å². The molecule has 0 aliphatic carbocycles. The van der Waals surface area contributed by atoms with Gasteiger partial charge in [0, 0.05) is 4.91 Å². The molecule has 0 N–H and O–H groups in total. The zero-order valence-electron chi connectivity index (χ0n) is 11.9. The molecule has 110 valence electrons. The van der Waals surface area contributed by atoms with Crippen LogP contribution in [0.3, 0.4) is 0 Å². The van der Waals surface area contributed by atoms with E-state index < -0.39 is 24.1 Å². The smallest absolute Gasteiger partial charge is 0.358 e. The summed E-state index contributed by atoms with van der Waals surface area (Å²) < 4.78 is 9.78. The highest BCUT2D eigenvalue weighted by molar-refractivity contribution is 8.04. The van der Waals surface area contributed by atoms with Crippen molar-refractivity contribution in [3.05, 3.63) is 10.6 Å². The van der Waals surface area contributed by atoms with Crippen LogP contribution in [-0.4, -0.2) is 34.9 Å². The Labute approximate surface area is 121 Å². The van der Waals surface area contributed by atoms with Crippen molar-refractivity contribution in [2.45, 2.75) is 39.5 Å². The van der Waals surface area contributed by atoms with Crippen LogP contribution >= 0.6 is 11.8 Å². The molecular weight excluding hydrogens is 282 g/mol. The minimum atomic E-state index is -0.649. The summed E-state index contributed by atoms with van der Waals surface area (Å²) in [5.41, 5.74) is -0.383. The molecule has 2 rings (SSSR count). The highest BCUT2D eigenvalue weighted by Gasteiger charge is 2.47. The van der Waals surface area contributed by atoms with Crippen molar-refractivity contribution in [1.29, 1.82) is 0 Å². The lowest BCUT2D eigenvalue weighted by Crippen LogP contribution is -2.48. The van der Waals surface area contributed by atoms with Crippen molar-refractivity contribution in [2.24, 2.45) is 5.41 Å². The second-order valence-electron chi connectivity index (χ2n) is 5.68. The van der Waals surface area contributed by atoms with Gasteiger partial charge in [0.15, 0.2) is 0 Å². The number of thioether (sulfide) groups is 1. The third kappa shape index (κ3) is 2.67. The van der Waals surface area contributed by atoms with Gasteiger partial charge in [-0.05, 0) is 27.7 Å². The summed E-state index contributed by atoms with van der Waals surface area (Å²) in [6.07, 6.45) is 0.442. The van der Waals surface area contributed by atoms with E-state index in [4.69, 9.17) is 9.47 Å². The van der Waals surface area contributed by atoms with Crippen LogP contribution in [0, 0.1) is 5.41 Å². The highest BCUT2D eigenvalue weighted by Crippen LogP contribution is 2.45. The third-order valence-corrected chi connectivity index (χ3v) is 4.18. The van der Waals surface area contributed by atoms with E-state index in [1.165, 1.54) is 16.7 Å². The molecule has 20 heavy (non-hydrogen) atoms. The molecule has 1 fully saturated rings. The van der Waals surface area contributed by atoms with Gasteiger partial charge in [-0.25, -0.2) is 4.79 Å². The Bertz CT molecular complexity index is 505. The predicted molar refractivity (Wildman–Crippen MR) is 72.0 cm³/mol. The molecule has 2 heterocycles. The number of allylic oxidation sites excluding steroid dienone is 1. The van der Waals surface area contributed by atoms with Crippen molar-refractivity contribution in [2.75, 3.05) is 6.79 Å². The summed E-state index contributed by atoms with van der Waals surface area (Å²) in [5.74, 6) is -1.17. The number of amides is 1. The highest BCUT2D eigenvalue weighted by atomic mass is 32.2. The first-order valence-electron chi connectivity index (χ1n) is 6.26. The van der Waals surface area contributed by atoms with Crippen LogP contribution in [0.15, 0.2) is 10.6 Å². The maximum absolute atomic E-state index is 11.9. The van der Waals surface area contributed by atoms with E-state index in [1.807, 2.05) is 0 Å². The molecule has 0 aromatic rings. The Balaban J connectivity index is 1.88. The SMILES string of the molecule is CC1=C(C(=O)OCOC(=O)C(C)(C)C)N2C(=O)C[C@@H]2S1. The summed E-state index contributed by atoms with van der Waals surface area (Å²) in [7, 11) is 0. The largest absolute Gasteiger partial charge is 0.427 e. The minimum Gasteiger partial charge on any atom is -0.427 e. The van der Waals surface area contributed by atoms with E-state index in [2.05, 4.69) is 0 Å². The molecule has 0 unspecified atom stereocenters. The van der Waals surface area contributed by atoms with Crippen LogP contribution in [0.5, 0.6) is 0 Å². The minimum absolute atomic E-state index is 0.0159. The Morgan fingerprint density at radius 1 is 1.35 bits per heavy atom. The number of β-lactam (4-membered cyclic amide) rings is 1. The molecular formula is C13H17NO5S. The lowest BCUT2D eigenvalue weighted by Gasteiger charge is -2.34. The molecule has 0 aromatic carbocycles. The van der Waals surface area contributed by atoms with Crippen molar-refractivity contribution >= 4 is 29.6 Å². The van der Waals surface area contributed by atoms with E-state index in [-0.39, 0.29) is 17.0 Å². The van der Waals surface area contributed by atoms with Gasteiger partial charge in [-0.1, -0.05) is 0 Å². The molecule has 7 heteroatoms. The molecule has 1 amide bonds. The Morgan fingerprint density at radius 3 is 2.55 bits per heavy atom. The van der Waals surface area contributed by atoms with Gasteiger partial charge in [0.2, 0.25) is 12.7 Å². The molecule has 2 aliphatic heterocycles. The first-order valence-corrected chi connectivity index (χ1v) is 7.13. The van der Waals surface area contributed by atoms with Gasteiger partial charge in [0.25, 0.3) is 0 Å². The van der Waals surface area contributed by atoms with E-state index >= 15 is 0 Å². The zero-order chi connectivity index (χ0) is 15.1. The average Bonchev–Trinajstić information content (AvgIpc) is 2.59. The van der Waals surface area contributed by atoms with E-state index in [0.29, 0.717) is 6.42 Å². The number of carbonyl (C=O) groups excluding carboxylic acids is 3. The number of ether oxygens (including phenoxy) is 2. The van der Waals surface area contributed by atoms with E-state index in [1.54, 1.807) is 27.7 Å². The molecule has 0 spiro atoms. The van der Waals surface area contributed by atoms with Crippen LogP contribution < -0.4 is 0 Å². The maximum atomic E-state index is 11.9. The number of hydrogen-bond acceptors (Lipinski definition) is 6. The first-order chi connectivity index (χ1) is 9.21. The molecule has 0 aromatic heterocycles. The van der Waals surface area contributed by atoms with Gasteiger partial charge in [0.1, 0.15) is 5.70 Å². The number of esters is 2. The maximum Gasteiger partial charge on any atom is 0.358 e. The quantitative estimate of drug-likeness (QED) is 0.448. The summed E-state index contributed by atoms with van der Waals surface area (Å²) in [6.45, 7) is 6.46. The van der Waals surface area contributed by atoms with Crippen molar-refractivity contribution in [1.82, 2.24) is 4.90 Å². The van der Waals surface area contributed by atoms with Gasteiger partial charge in [-0.2, -0.15) is 0 Å². The van der Waals surface area contributed by atoms with Crippen molar-refractivity contribution in [3.63, 3.8) is 0 Å². The number of carbonyl (C=O) groups is 3. The molecule has 0 bridgehead atoms. The Hall–Kier alpha value is -1.50. The van der Waals surface area contributed by atoms with Crippen molar-refractivity contribution < 1.29 is 23.9 Å². The van der Waals surface area contributed by atoms with Crippen LogP contribution in [0.4, 0.5) is 0 Å². The summed E-state index contributed by atoms with van der Waals surface area (Å²) in [5, 5.41) is 0.0159. The predicted octanol–water partition coefficient (Wildman–Crippen LogP) is 1.61. The molecule has 2 aliphatic rings. The second kappa shape index (κ2) is 5.12. The fourth-order valence-electron chi connectivity index (χ4n) is 1.84. The summed E-state index contributed by atoms with van der Waals surface area (Å²) in [4.78, 5) is 37.1. The van der Waals surface area contributed by atoms with Gasteiger partial charge in [-0.15, -0.1) is 11.8 Å². The molecule has 1 atom stereocenters. The Morgan fingerprint density at radius 2 is 2.00 bits per heavy atom. The monoisotopic (exact) mass is 299 g/mol. The van der Waals surface area contributed by atoms with Crippen LogP contribution in [-0.2, 0) is 23.9 Å². The number of nitrogens with zero attached hydrogens (tertiary/aromatic N) is 1. The zero-order valence-corrected chi connectivity index (χ0v) is 12.7. The summed E-state index contributed by atoms with van der Waals surface area (Å²) in [6, 6.07) is 0. The lowest BCUT2D eigenvalue weighted by molar-refractivity contribution is -0.173. The molecule has 1 saturated heterocycles. The molecule has 0 saturated carbocycles. The van der Waals surface area contributed by atoms with Gasteiger partial charge in [0.05, 0.1) is 17.2 Å².